The average molecular weight is 300 g/mol. The number of benzene rings is 1. The van der Waals surface area contributed by atoms with Gasteiger partial charge >= 0.3 is 0 Å². The van der Waals surface area contributed by atoms with E-state index in [1.807, 2.05) is 6.07 Å². The highest BCUT2D eigenvalue weighted by molar-refractivity contribution is 9.10. The summed E-state index contributed by atoms with van der Waals surface area (Å²) in [5, 5.41) is 1.41. The van der Waals surface area contributed by atoms with Crippen LogP contribution in [-0.4, -0.2) is 31.2 Å². The van der Waals surface area contributed by atoms with Crippen molar-refractivity contribution in [1.82, 2.24) is 5.06 Å². The first-order valence-corrected chi connectivity index (χ1v) is 6.30. The maximum atomic E-state index is 12.2. The maximum absolute atomic E-state index is 12.2. The lowest BCUT2D eigenvalue weighted by atomic mass is 10.1. The van der Waals surface area contributed by atoms with Crippen LogP contribution in [-0.2, 0) is 4.84 Å². The van der Waals surface area contributed by atoms with E-state index in [4.69, 9.17) is 9.57 Å². The van der Waals surface area contributed by atoms with Crippen molar-refractivity contribution in [2.45, 2.75) is 12.8 Å². The Morgan fingerprint density at radius 2 is 2.29 bits per heavy atom. The van der Waals surface area contributed by atoms with E-state index in [-0.39, 0.29) is 5.91 Å². The van der Waals surface area contributed by atoms with Crippen molar-refractivity contribution in [1.29, 1.82) is 0 Å². The molecule has 0 bridgehead atoms. The predicted octanol–water partition coefficient (Wildman–Crippen LogP) is 2.63. The minimum atomic E-state index is -0.144. The molecule has 1 aliphatic heterocycles. The van der Waals surface area contributed by atoms with Crippen LogP contribution in [0, 0.1) is 0 Å². The number of amides is 1. The van der Waals surface area contributed by atoms with Gasteiger partial charge in [0.25, 0.3) is 5.91 Å². The zero-order chi connectivity index (χ0) is 12.3. The second kappa shape index (κ2) is 5.51. The molecule has 0 N–H and O–H groups in total. The fraction of sp³-hybridized carbons (Fsp3) is 0.417. The zero-order valence-electron chi connectivity index (χ0n) is 9.61. The fourth-order valence-electron chi connectivity index (χ4n) is 1.73. The van der Waals surface area contributed by atoms with E-state index in [1.54, 1.807) is 19.2 Å². The summed E-state index contributed by atoms with van der Waals surface area (Å²) in [6.45, 7) is 1.24. The van der Waals surface area contributed by atoms with Crippen LogP contribution in [0.5, 0.6) is 5.75 Å². The van der Waals surface area contributed by atoms with E-state index >= 15 is 0 Å². The summed E-state index contributed by atoms with van der Waals surface area (Å²) in [7, 11) is 1.55. The third-order valence-corrected chi connectivity index (χ3v) is 3.12. The molecule has 92 valence electrons. The molecule has 5 heteroatoms. The summed E-state index contributed by atoms with van der Waals surface area (Å²) in [6.07, 6.45) is 1.98. The molecule has 1 amide bonds. The Morgan fingerprint density at radius 3 is 2.94 bits per heavy atom. The van der Waals surface area contributed by atoms with Crippen molar-refractivity contribution < 1.29 is 14.4 Å². The number of rotatable bonds is 2. The molecule has 0 aromatic heterocycles. The summed E-state index contributed by atoms with van der Waals surface area (Å²) in [6, 6.07) is 5.33. The first-order valence-electron chi connectivity index (χ1n) is 5.50. The standard InChI is InChI=1S/C12H14BrNO3/c1-16-11-8-9(13)4-5-10(11)12(15)14-6-2-3-7-17-14/h4-5,8H,2-3,6-7H2,1H3. The Hall–Kier alpha value is -1.07. The molecule has 1 heterocycles. The first-order chi connectivity index (χ1) is 8.22. The summed E-state index contributed by atoms with van der Waals surface area (Å²) in [4.78, 5) is 17.5. The van der Waals surface area contributed by atoms with Crippen molar-refractivity contribution in [3.8, 4) is 5.75 Å². The van der Waals surface area contributed by atoms with Gasteiger partial charge in [-0.25, -0.2) is 5.06 Å². The molecule has 1 aromatic carbocycles. The number of methoxy groups -OCH3 is 1. The maximum Gasteiger partial charge on any atom is 0.281 e. The van der Waals surface area contributed by atoms with Gasteiger partial charge in [0.05, 0.1) is 19.3 Å². The number of carbonyl (C=O) groups excluding carboxylic acids is 1. The van der Waals surface area contributed by atoms with E-state index < -0.39 is 0 Å². The number of nitrogens with zero attached hydrogens (tertiary/aromatic N) is 1. The van der Waals surface area contributed by atoms with Gasteiger partial charge in [0.2, 0.25) is 0 Å². The molecular formula is C12H14BrNO3. The van der Waals surface area contributed by atoms with Gasteiger partial charge in [0.15, 0.2) is 0 Å². The van der Waals surface area contributed by atoms with E-state index in [0.29, 0.717) is 24.5 Å². The molecule has 0 atom stereocenters. The number of halogens is 1. The van der Waals surface area contributed by atoms with Crippen LogP contribution in [0.15, 0.2) is 22.7 Å². The van der Waals surface area contributed by atoms with Crippen molar-refractivity contribution >= 4 is 21.8 Å². The topological polar surface area (TPSA) is 38.8 Å². The molecule has 0 spiro atoms. The van der Waals surface area contributed by atoms with Crippen LogP contribution >= 0.6 is 15.9 Å². The molecule has 0 unspecified atom stereocenters. The van der Waals surface area contributed by atoms with Gasteiger partial charge in [0.1, 0.15) is 5.75 Å². The molecule has 0 radical (unpaired) electrons. The molecular weight excluding hydrogens is 286 g/mol. The van der Waals surface area contributed by atoms with Gasteiger partial charge in [-0.1, -0.05) is 15.9 Å². The number of hydrogen-bond acceptors (Lipinski definition) is 3. The lowest BCUT2D eigenvalue weighted by Gasteiger charge is -2.26. The van der Waals surface area contributed by atoms with Crippen LogP contribution in [0.2, 0.25) is 0 Å². The molecule has 1 aromatic rings. The second-order valence-corrected chi connectivity index (χ2v) is 4.71. The fourth-order valence-corrected chi connectivity index (χ4v) is 2.07. The van der Waals surface area contributed by atoms with Crippen molar-refractivity contribution in [3.63, 3.8) is 0 Å². The third-order valence-electron chi connectivity index (χ3n) is 2.62. The zero-order valence-corrected chi connectivity index (χ0v) is 11.2. The number of carbonyl (C=O) groups is 1. The van der Waals surface area contributed by atoms with Gasteiger partial charge in [-0.3, -0.25) is 9.63 Å². The molecule has 0 saturated carbocycles. The van der Waals surface area contributed by atoms with Crippen molar-refractivity contribution in [3.05, 3.63) is 28.2 Å². The number of ether oxygens (including phenoxy) is 1. The van der Waals surface area contributed by atoms with Crippen LogP contribution in [0.25, 0.3) is 0 Å². The number of hydroxylamine groups is 2. The minimum Gasteiger partial charge on any atom is -0.496 e. The SMILES string of the molecule is COc1cc(Br)ccc1C(=O)N1CCCCO1. The van der Waals surface area contributed by atoms with Gasteiger partial charge in [-0.05, 0) is 31.0 Å². The Kier molecular flexibility index (Phi) is 4.02. The largest absolute Gasteiger partial charge is 0.496 e. The highest BCUT2D eigenvalue weighted by Gasteiger charge is 2.22. The summed E-state index contributed by atoms with van der Waals surface area (Å²) >= 11 is 3.35. The lowest BCUT2D eigenvalue weighted by Crippen LogP contribution is -2.35. The Morgan fingerprint density at radius 1 is 1.47 bits per heavy atom. The molecule has 1 aliphatic rings. The molecule has 17 heavy (non-hydrogen) atoms. The highest BCUT2D eigenvalue weighted by Crippen LogP contribution is 2.25. The number of hydrogen-bond donors (Lipinski definition) is 0. The molecule has 4 nitrogen and oxygen atoms in total. The molecule has 1 saturated heterocycles. The molecule has 2 rings (SSSR count). The van der Waals surface area contributed by atoms with Gasteiger partial charge in [-0.2, -0.15) is 0 Å². The van der Waals surface area contributed by atoms with Crippen LogP contribution in [0.4, 0.5) is 0 Å². The summed E-state index contributed by atoms with van der Waals surface area (Å²) in [5.41, 5.74) is 0.526. The van der Waals surface area contributed by atoms with E-state index in [2.05, 4.69) is 15.9 Å². The van der Waals surface area contributed by atoms with Crippen LogP contribution in [0.3, 0.4) is 0 Å². The second-order valence-electron chi connectivity index (χ2n) is 3.79. The Labute approximate surface area is 109 Å². The van der Waals surface area contributed by atoms with Crippen molar-refractivity contribution in [2.75, 3.05) is 20.3 Å². The highest BCUT2D eigenvalue weighted by atomic mass is 79.9. The first kappa shape index (κ1) is 12.4. The summed E-state index contributed by atoms with van der Waals surface area (Å²) < 4.78 is 6.09. The Bertz CT molecular complexity index is 416. The average Bonchev–Trinajstić information content (AvgIpc) is 2.39. The van der Waals surface area contributed by atoms with Crippen molar-refractivity contribution in [2.24, 2.45) is 0 Å². The van der Waals surface area contributed by atoms with Gasteiger partial charge in [-0.15, -0.1) is 0 Å². The van der Waals surface area contributed by atoms with Crippen LogP contribution < -0.4 is 4.74 Å². The minimum absolute atomic E-state index is 0.144. The normalized spacial score (nSPS) is 15.8. The van der Waals surface area contributed by atoms with Gasteiger partial charge in [0, 0.05) is 11.0 Å². The van der Waals surface area contributed by atoms with Gasteiger partial charge < -0.3 is 4.74 Å². The van der Waals surface area contributed by atoms with Crippen LogP contribution in [0.1, 0.15) is 23.2 Å². The third kappa shape index (κ3) is 2.79. The quantitative estimate of drug-likeness (QED) is 0.843. The molecule has 1 fully saturated rings. The summed E-state index contributed by atoms with van der Waals surface area (Å²) in [5.74, 6) is 0.410. The lowest BCUT2D eigenvalue weighted by molar-refractivity contribution is -0.144. The smallest absolute Gasteiger partial charge is 0.281 e. The molecule has 0 aliphatic carbocycles. The predicted molar refractivity (Wildman–Crippen MR) is 66.9 cm³/mol. The monoisotopic (exact) mass is 299 g/mol. The van der Waals surface area contributed by atoms with E-state index in [9.17, 15) is 4.79 Å². The Balaban J connectivity index is 2.23. The van der Waals surface area contributed by atoms with E-state index in [1.165, 1.54) is 5.06 Å². The van der Waals surface area contributed by atoms with E-state index in [0.717, 1.165) is 17.3 Å².